The SMILES string of the molecule is CS(=O)(=O)c1ccc(-c2noc(C3CCN(Cc4ccccc4)CC3)n2)cc1. The molecule has 7 heteroatoms. The molecule has 0 radical (unpaired) electrons. The van der Waals surface area contributed by atoms with E-state index in [1.807, 2.05) is 6.07 Å². The number of benzene rings is 2. The summed E-state index contributed by atoms with van der Waals surface area (Å²) in [7, 11) is -3.21. The monoisotopic (exact) mass is 397 g/mol. The van der Waals surface area contributed by atoms with Crippen molar-refractivity contribution in [2.45, 2.75) is 30.2 Å². The Morgan fingerprint density at radius 3 is 2.36 bits per heavy atom. The molecule has 2 aromatic carbocycles. The molecule has 1 aliphatic heterocycles. The van der Waals surface area contributed by atoms with Crippen LogP contribution in [0.15, 0.2) is 64.0 Å². The smallest absolute Gasteiger partial charge is 0.230 e. The molecule has 1 saturated heterocycles. The molecule has 4 rings (SSSR count). The van der Waals surface area contributed by atoms with Crippen LogP contribution in [0.2, 0.25) is 0 Å². The minimum absolute atomic E-state index is 0.267. The number of hydrogen-bond acceptors (Lipinski definition) is 6. The van der Waals surface area contributed by atoms with Gasteiger partial charge in [-0.15, -0.1) is 0 Å². The first kappa shape index (κ1) is 18.8. The maximum absolute atomic E-state index is 11.6. The third kappa shape index (κ3) is 4.31. The van der Waals surface area contributed by atoms with Gasteiger partial charge in [-0.05, 0) is 55.8 Å². The lowest BCUT2D eigenvalue weighted by molar-refractivity contribution is 0.187. The van der Waals surface area contributed by atoms with E-state index in [4.69, 9.17) is 4.52 Å². The molecule has 2 heterocycles. The fraction of sp³-hybridized carbons (Fsp3) is 0.333. The van der Waals surface area contributed by atoms with E-state index >= 15 is 0 Å². The summed E-state index contributed by atoms with van der Waals surface area (Å²) in [5.41, 5.74) is 2.09. The zero-order valence-electron chi connectivity index (χ0n) is 15.8. The lowest BCUT2D eigenvalue weighted by Crippen LogP contribution is -2.32. The van der Waals surface area contributed by atoms with Crippen molar-refractivity contribution < 1.29 is 12.9 Å². The highest BCUT2D eigenvalue weighted by Crippen LogP contribution is 2.29. The van der Waals surface area contributed by atoms with Gasteiger partial charge >= 0.3 is 0 Å². The van der Waals surface area contributed by atoms with Crippen molar-refractivity contribution in [3.63, 3.8) is 0 Å². The van der Waals surface area contributed by atoms with Crippen LogP contribution in [-0.2, 0) is 16.4 Å². The normalized spacial score (nSPS) is 16.3. The number of sulfone groups is 1. The molecule has 0 saturated carbocycles. The molecule has 0 bridgehead atoms. The summed E-state index contributed by atoms with van der Waals surface area (Å²) in [6.45, 7) is 2.97. The summed E-state index contributed by atoms with van der Waals surface area (Å²) in [6.07, 6.45) is 3.17. The number of likely N-dealkylation sites (tertiary alicyclic amines) is 1. The van der Waals surface area contributed by atoms with Crippen molar-refractivity contribution in [2.75, 3.05) is 19.3 Å². The lowest BCUT2D eigenvalue weighted by Gasteiger charge is -2.30. The summed E-state index contributed by atoms with van der Waals surface area (Å²) in [4.78, 5) is 7.29. The first-order chi connectivity index (χ1) is 13.5. The Morgan fingerprint density at radius 1 is 1.04 bits per heavy atom. The predicted molar refractivity (Wildman–Crippen MR) is 107 cm³/mol. The molecule has 1 aromatic heterocycles. The average Bonchev–Trinajstić information content (AvgIpc) is 3.19. The van der Waals surface area contributed by atoms with Crippen LogP contribution in [0.25, 0.3) is 11.4 Å². The highest BCUT2D eigenvalue weighted by Gasteiger charge is 2.25. The second-order valence-corrected chi connectivity index (χ2v) is 9.30. The first-order valence-electron chi connectivity index (χ1n) is 9.39. The largest absolute Gasteiger partial charge is 0.339 e. The van der Waals surface area contributed by atoms with E-state index in [9.17, 15) is 8.42 Å². The Balaban J connectivity index is 1.39. The van der Waals surface area contributed by atoms with E-state index in [2.05, 4.69) is 39.3 Å². The molecule has 0 atom stereocenters. The minimum Gasteiger partial charge on any atom is -0.339 e. The summed E-state index contributed by atoms with van der Waals surface area (Å²) in [6, 6.07) is 17.1. The Kier molecular flexibility index (Phi) is 5.28. The van der Waals surface area contributed by atoms with Gasteiger partial charge in [-0.1, -0.05) is 35.5 Å². The second kappa shape index (κ2) is 7.85. The maximum atomic E-state index is 11.6. The van der Waals surface area contributed by atoms with Gasteiger partial charge in [0.05, 0.1) is 4.90 Å². The van der Waals surface area contributed by atoms with E-state index in [0.717, 1.165) is 38.0 Å². The van der Waals surface area contributed by atoms with Crippen molar-refractivity contribution in [3.05, 3.63) is 66.1 Å². The van der Waals surface area contributed by atoms with Crippen LogP contribution in [0.1, 0.15) is 30.2 Å². The summed E-state index contributed by atoms with van der Waals surface area (Å²) in [5, 5.41) is 4.09. The van der Waals surface area contributed by atoms with Gasteiger partial charge < -0.3 is 4.52 Å². The molecule has 0 unspecified atom stereocenters. The van der Waals surface area contributed by atoms with Gasteiger partial charge in [0.2, 0.25) is 11.7 Å². The molecular formula is C21H23N3O3S. The van der Waals surface area contributed by atoms with Crippen LogP contribution < -0.4 is 0 Å². The Hall–Kier alpha value is -2.51. The molecule has 1 fully saturated rings. The van der Waals surface area contributed by atoms with E-state index in [1.54, 1.807) is 24.3 Å². The summed E-state index contributed by atoms with van der Waals surface area (Å²) in [5.74, 6) is 1.44. The Bertz CT molecular complexity index is 1020. The van der Waals surface area contributed by atoms with Crippen molar-refractivity contribution in [1.82, 2.24) is 15.0 Å². The molecule has 146 valence electrons. The summed E-state index contributed by atoms with van der Waals surface area (Å²) >= 11 is 0. The number of aromatic nitrogens is 2. The quantitative estimate of drug-likeness (QED) is 0.656. The number of piperidine rings is 1. The van der Waals surface area contributed by atoms with Crippen molar-refractivity contribution >= 4 is 9.84 Å². The van der Waals surface area contributed by atoms with Crippen molar-refractivity contribution in [2.24, 2.45) is 0 Å². The second-order valence-electron chi connectivity index (χ2n) is 7.29. The highest BCUT2D eigenvalue weighted by molar-refractivity contribution is 7.90. The lowest BCUT2D eigenvalue weighted by atomic mass is 9.96. The zero-order chi connectivity index (χ0) is 19.6. The van der Waals surface area contributed by atoms with E-state index in [0.29, 0.717) is 11.7 Å². The van der Waals surface area contributed by atoms with E-state index in [-0.39, 0.29) is 10.8 Å². The number of hydrogen-bond donors (Lipinski definition) is 0. The Morgan fingerprint density at radius 2 is 1.71 bits per heavy atom. The first-order valence-corrected chi connectivity index (χ1v) is 11.3. The van der Waals surface area contributed by atoms with E-state index in [1.165, 1.54) is 11.8 Å². The molecule has 0 spiro atoms. The standard InChI is InChI=1S/C21H23N3O3S/c1-28(25,26)19-9-7-17(8-10-19)20-22-21(27-23-20)18-11-13-24(14-12-18)15-16-5-3-2-4-6-16/h2-10,18H,11-15H2,1H3. The minimum atomic E-state index is -3.21. The van der Waals surface area contributed by atoms with Crippen LogP contribution in [0.4, 0.5) is 0 Å². The van der Waals surface area contributed by atoms with Crippen LogP contribution >= 0.6 is 0 Å². The van der Waals surface area contributed by atoms with Gasteiger partial charge in [0.15, 0.2) is 9.84 Å². The van der Waals surface area contributed by atoms with Gasteiger partial charge in [0, 0.05) is 24.3 Å². The number of rotatable bonds is 5. The van der Waals surface area contributed by atoms with Crippen LogP contribution in [-0.4, -0.2) is 42.8 Å². The van der Waals surface area contributed by atoms with E-state index < -0.39 is 9.84 Å². The molecule has 6 nitrogen and oxygen atoms in total. The molecule has 1 aliphatic rings. The third-order valence-corrected chi connectivity index (χ3v) is 6.30. The molecule has 3 aromatic rings. The summed E-state index contributed by atoms with van der Waals surface area (Å²) < 4.78 is 28.7. The third-order valence-electron chi connectivity index (χ3n) is 5.17. The topological polar surface area (TPSA) is 76.3 Å². The van der Waals surface area contributed by atoms with Crippen LogP contribution in [0.3, 0.4) is 0 Å². The van der Waals surface area contributed by atoms with Gasteiger partial charge in [0.25, 0.3) is 0 Å². The van der Waals surface area contributed by atoms with Gasteiger partial charge in [-0.2, -0.15) is 4.98 Å². The van der Waals surface area contributed by atoms with Crippen molar-refractivity contribution in [1.29, 1.82) is 0 Å². The predicted octanol–water partition coefficient (Wildman–Crippen LogP) is 3.52. The van der Waals surface area contributed by atoms with Crippen LogP contribution in [0, 0.1) is 0 Å². The zero-order valence-corrected chi connectivity index (χ0v) is 16.6. The average molecular weight is 398 g/mol. The Labute approximate surface area is 165 Å². The molecule has 0 aliphatic carbocycles. The number of nitrogens with zero attached hydrogens (tertiary/aromatic N) is 3. The van der Waals surface area contributed by atoms with Crippen LogP contribution in [0.5, 0.6) is 0 Å². The highest BCUT2D eigenvalue weighted by atomic mass is 32.2. The maximum Gasteiger partial charge on any atom is 0.230 e. The molecule has 0 amide bonds. The fourth-order valence-corrected chi connectivity index (χ4v) is 4.18. The van der Waals surface area contributed by atoms with Gasteiger partial charge in [-0.3, -0.25) is 4.90 Å². The van der Waals surface area contributed by atoms with Gasteiger partial charge in [-0.25, -0.2) is 8.42 Å². The van der Waals surface area contributed by atoms with Gasteiger partial charge in [0.1, 0.15) is 0 Å². The molecule has 0 N–H and O–H groups in total. The fourth-order valence-electron chi connectivity index (χ4n) is 3.55. The molecule has 28 heavy (non-hydrogen) atoms. The van der Waals surface area contributed by atoms with Crippen molar-refractivity contribution in [3.8, 4) is 11.4 Å². The molecular weight excluding hydrogens is 374 g/mol.